The minimum atomic E-state index is -2.96. The summed E-state index contributed by atoms with van der Waals surface area (Å²) in [6, 6.07) is -4.90. The second-order valence-corrected chi connectivity index (χ2v) is 17.6. The summed E-state index contributed by atoms with van der Waals surface area (Å²) in [6.07, 6.45) is -44.0. The number of aliphatic hydroxyl groups is 15. The first-order valence-corrected chi connectivity index (χ1v) is 22.2. The van der Waals surface area contributed by atoms with Gasteiger partial charge in [0.2, 0.25) is 17.7 Å². The van der Waals surface area contributed by atoms with Crippen molar-refractivity contribution < 1.29 is 144 Å². The number of nitrogens with one attached hydrogen (secondary N) is 3. The minimum absolute atomic E-state index is 0.748. The number of aliphatic carboxylic acids is 1. The van der Waals surface area contributed by atoms with E-state index in [1.54, 1.807) is 0 Å². The third-order valence-corrected chi connectivity index (χ3v) is 12.5. The molecule has 0 saturated carbocycles. The van der Waals surface area contributed by atoms with Crippen molar-refractivity contribution in [1.29, 1.82) is 0 Å². The second kappa shape index (κ2) is 25.0. The van der Waals surface area contributed by atoms with Crippen LogP contribution in [-0.2, 0) is 61.8 Å². The van der Waals surface area contributed by atoms with Gasteiger partial charge in [0.1, 0.15) is 116 Å². The summed E-state index contributed by atoms with van der Waals surface area (Å²) < 4.78 is 50.7. The summed E-state index contributed by atoms with van der Waals surface area (Å²) in [5, 5.41) is 178. The van der Waals surface area contributed by atoms with Gasteiger partial charge in [-0.3, -0.25) is 14.4 Å². The van der Waals surface area contributed by atoms with Crippen LogP contribution in [0.4, 0.5) is 0 Å². The first-order valence-electron chi connectivity index (χ1n) is 22.2. The number of ether oxygens (including phenoxy) is 9. The maximum Gasteiger partial charge on any atom is 0.364 e. The molecular formula is C39H65N3O29. The smallest absolute Gasteiger partial charge is 0.364 e. The molecule has 71 heavy (non-hydrogen) atoms. The van der Waals surface area contributed by atoms with Gasteiger partial charge >= 0.3 is 5.97 Å². The Labute approximate surface area is 402 Å². The maximum absolute atomic E-state index is 12.7. The lowest BCUT2D eigenvalue weighted by atomic mass is 9.88. The molecule has 410 valence electrons. The van der Waals surface area contributed by atoms with Crippen LogP contribution >= 0.6 is 0 Å². The Bertz CT molecular complexity index is 1770. The topological polar surface area (TPSA) is 511 Å². The third-order valence-electron chi connectivity index (χ3n) is 12.5. The summed E-state index contributed by atoms with van der Waals surface area (Å²) >= 11 is 0. The van der Waals surface area contributed by atoms with Crippen molar-refractivity contribution in [2.75, 3.05) is 33.0 Å². The highest BCUT2D eigenvalue weighted by Crippen LogP contribution is 2.37. The number of carbonyl (C=O) groups is 4. The zero-order valence-corrected chi connectivity index (χ0v) is 38.1. The van der Waals surface area contributed by atoms with Gasteiger partial charge < -0.3 is 140 Å². The lowest BCUT2D eigenvalue weighted by Crippen LogP contribution is -2.70. The third kappa shape index (κ3) is 13.1. The highest BCUT2D eigenvalue weighted by atomic mass is 16.8. The molecule has 0 spiro atoms. The van der Waals surface area contributed by atoms with Crippen molar-refractivity contribution >= 4 is 23.7 Å². The number of carboxylic acid groups (broad SMARTS) is 1. The average Bonchev–Trinajstić information content (AvgIpc) is 3.31. The highest BCUT2D eigenvalue weighted by Gasteiger charge is 2.59. The van der Waals surface area contributed by atoms with Crippen LogP contribution in [0.3, 0.4) is 0 Å². The SMILES string of the molecule is CC(=O)N[C@H]1[C@H](O[C@H]2[C@@H](O)[C@@H](CO)O[C@@H](O[C@@H]3[C@H](O)[C@@H](O)[C@H](O[C@H]4[C@@H](O)[C@@H](CO[C@]5(C(=O)O)C[C@H](O)[C@@H](NC(C)=O)[C@H]([C@H](O)[C@H](O)CO)O5)OC(O)[C@@H]4NC(C)=O)O[C@@H]3CO)[C@@H]2O)O[C@H](CO)[C@H](O)[C@@H]1O. The van der Waals surface area contributed by atoms with Crippen LogP contribution in [0.1, 0.15) is 27.2 Å². The van der Waals surface area contributed by atoms with Gasteiger partial charge in [0.05, 0.1) is 45.2 Å². The predicted molar refractivity (Wildman–Crippen MR) is 219 cm³/mol. The van der Waals surface area contributed by atoms with Crippen molar-refractivity contribution in [3.8, 4) is 0 Å². The van der Waals surface area contributed by atoms with Crippen molar-refractivity contribution in [2.45, 2.75) is 186 Å². The Kier molecular flexibility index (Phi) is 20.7. The van der Waals surface area contributed by atoms with Gasteiger partial charge in [-0.15, -0.1) is 0 Å². The van der Waals surface area contributed by atoms with E-state index in [2.05, 4.69) is 16.0 Å². The van der Waals surface area contributed by atoms with Crippen molar-refractivity contribution in [1.82, 2.24) is 16.0 Å². The van der Waals surface area contributed by atoms with Gasteiger partial charge in [-0.2, -0.15) is 0 Å². The van der Waals surface area contributed by atoms with Crippen LogP contribution in [0, 0.1) is 0 Å². The number of hydrogen-bond acceptors (Lipinski definition) is 28. The number of rotatable bonds is 19. The molecule has 32 nitrogen and oxygen atoms in total. The predicted octanol–water partition coefficient (Wildman–Crippen LogP) is -12.3. The van der Waals surface area contributed by atoms with E-state index in [9.17, 15) is 101 Å². The molecule has 1 unspecified atom stereocenters. The molecule has 0 aromatic heterocycles. The van der Waals surface area contributed by atoms with Crippen LogP contribution in [0.25, 0.3) is 0 Å². The van der Waals surface area contributed by atoms with Gasteiger partial charge in [-0.05, 0) is 0 Å². The van der Waals surface area contributed by atoms with E-state index in [1.807, 2.05) is 0 Å². The monoisotopic (exact) mass is 1040 g/mol. The van der Waals surface area contributed by atoms with Crippen LogP contribution in [0.2, 0.25) is 0 Å². The van der Waals surface area contributed by atoms with Crippen LogP contribution in [0.15, 0.2) is 0 Å². The summed E-state index contributed by atoms with van der Waals surface area (Å²) in [6.45, 7) is -2.05. The maximum atomic E-state index is 12.7. The molecule has 0 aromatic carbocycles. The fraction of sp³-hybridized carbons (Fsp3) is 0.897. The van der Waals surface area contributed by atoms with Gasteiger partial charge in [0, 0.05) is 27.2 Å². The molecule has 26 atom stereocenters. The van der Waals surface area contributed by atoms with E-state index in [0.717, 1.165) is 20.8 Å². The van der Waals surface area contributed by atoms with Crippen LogP contribution in [0.5, 0.6) is 0 Å². The summed E-state index contributed by atoms with van der Waals surface area (Å²) in [5.74, 6) is -7.29. The van der Waals surface area contributed by atoms with Gasteiger partial charge in [0.15, 0.2) is 25.2 Å². The second-order valence-electron chi connectivity index (χ2n) is 17.6. The minimum Gasteiger partial charge on any atom is -0.477 e. The number of carboxylic acids is 1. The molecule has 0 bridgehead atoms. The fourth-order valence-corrected chi connectivity index (χ4v) is 8.83. The number of carbonyl (C=O) groups excluding carboxylic acids is 3. The van der Waals surface area contributed by atoms with E-state index in [4.69, 9.17) is 42.6 Å². The fourth-order valence-electron chi connectivity index (χ4n) is 8.83. The molecule has 3 amide bonds. The van der Waals surface area contributed by atoms with Crippen molar-refractivity contribution in [2.24, 2.45) is 0 Å². The number of aliphatic hydroxyl groups excluding tert-OH is 15. The molecule has 0 aromatic rings. The summed E-state index contributed by atoms with van der Waals surface area (Å²) in [4.78, 5) is 48.9. The van der Waals surface area contributed by atoms with Gasteiger partial charge in [0.25, 0.3) is 5.79 Å². The normalized spacial score (nSPS) is 45.0. The average molecular weight is 1040 g/mol. The molecule has 0 radical (unpaired) electrons. The first kappa shape index (κ1) is 58.8. The lowest BCUT2D eigenvalue weighted by Gasteiger charge is -2.50. The number of amides is 3. The van der Waals surface area contributed by atoms with Gasteiger partial charge in [-0.1, -0.05) is 0 Å². The molecule has 5 aliphatic heterocycles. The number of hydrogen-bond donors (Lipinski definition) is 19. The largest absolute Gasteiger partial charge is 0.477 e. The standard InChI is InChI=1S/C39H65N3O29/c1-10(47)40-19-13(50)4-39(38(61)62,71-32(19)22(52)14(51)5-43)63-9-18-25(55)31(21(34(60)64-18)42-12(3)49)69-36-28(58)27(57)30(17(8-46)67-36)68-37-29(59)33(24(54)16(7-45)66-37)70-35-20(41-11(2)48)26(56)23(53)15(6-44)65-35/h13-37,43-46,50-60H,4-9H2,1-3H3,(H,40,47)(H,41,48)(H,42,49)(H,61,62)/t13-,14+,15+,16+,17+,18+,19+,20+,21+,22+,23-,24-,25-,26+,27+,28+,29+,30-,31+,32+,33-,34?,35-,36-,37-,39+/m0/s1. The van der Waals surface area contributed by atoms with Crippen molar-refractivity contribution in [3.63, 3.8) is 0 Å². The molecule has 0 aliphatic carbocycles. The Morgan fingerprint density at radius 2 is 1.06 bits per heavy atom. The van der Waals surface area contributed by atoms with E-state index < -0.39 is 222 Å². The summed E-state index contributed by atoms with van der Waals surface area (Å²) in [7, 11) is 0. The Morgan fingerprint density at radius 3 is 1.62 bits per heavy atom. The Hall–Kier alpha value is -3.08. The molecule has 5 aliphatic rings. The lowest BCUT2D eigenvalue weighted by molar-refractivity contribution is -0.383. The highest BCUT2D eigenvalue weighted by molar-refractivity contribution is 5.77. The van der Waals surface area contributed by atoms with E-state index in [-0.39, 0.29) is 0 Å². The van der Waals surface area contributed by atoms with Crippen LogP contribution in [-0.4, -0.2) is 297 Å². The zero-order chi connectivity index (χ0) is 53.0. The molecule has 5 heterocycles. The molecule has 32 heteroatoms. The Balaban J connectivity index is 1.34. The molecular weight excluding hydrogens is 974 g/mol. The molecule has 19 N–H and O–H groups in total. The van der Waals surface area contributed by atoms with E-state index in [0.29, 0.717) is 0 Å². The van der Waals surface area contributed by atoms with Crippen molar-refractivity contribution in [3.05, 3.63) is 0 Å². The summed E-state index contributed by atoms with van der Waals surface area (Å²) in [5.41, 5.74) is 0. The van der Waals surface area contributed by atoms with Crippen LogP contribution < -0.4 is 16.0 Å². The molecule has 5 fully saturated rings. The van der Waals surface area contributed by atoms with E-state index in [1.165, 1.54) is 0 Å². The molecule has 5 rings (SSSR count). The first-order chi connectivity index (χ1) is 33.3. The zero-order valence-electron chi connectivity index (χ0n) is 38.1. The quantitative estimate of drug-likeness (QED) is 0.0571. The van der Waals surface area contributed by atoms with Gasteiger partial charge in [-0.25, -0.2) is 4.79 Å². The van der Waals surface area contributed by atoms with E-state index >= 15 is 0 Å². The molecule has 5 saturated heterocycles. The Morgan fingerprint density at radius 1 is 0.563 bits per heavy atom.